The fourth-order valence-corrected chi connectivity index (χ4v) is 3.24. The van der Waals surface area contributed by atoms with Crippen molar-refractivity contribution in [3.05, 3.63) is 52.3 Å². The van der Waals surface area contributed by atoms with Crippen molar-refractivity contribution in [2.24, 2.45) is 0 Å². The molecule has 0 aliphatic carbocycles. The third-order valence-corrected chi connectivity index (χ3v) is 4.46. The second-order valence-electron chi connectivity index (χ2n) is 3.91. The molecule has 0 fully saturated rings. The van der Waals surface area contributed by atoms with Gasteiger partial charge in [-0.25, -0.2) is 18.2 Å². The molecular weight excluding hydrogens is 339 g/mol. The summed E-state index contributed by atoms with van der Waals surface area (Å²) in [4.78, 5) is 14.2. The number of aromatic carboxylic acids is 1. The van der Waals surface area contributed by atoms with E-state index in [4.69, 9.17) is 28.3 Å². The second-order valence-corrected chi connectivity index (χ2v) is 6.31. The van der Waals surface area contributed by atoms with Crippen LogP contribution in [0.4, 0.5) is 5.69 Å². The fourth-order valence-electron chi connectivity index (χ4n) is 1.53. The number of pyridine rings is 1. The lowest BCUT2D eigenvalue weighted by atomic mass is 10.2. The summed E-state index contributed by atoms with van der Waals surface area (Å²) in [5.41, 5.74) is 0.0523. The topological polar surface area (TPSA) is 96.4 Å². The Hall–Kier alpha value is -1.83. The average Bonchev–Trinajstić information content (AvgIpc) is 2.37. The summed E-state index contributed by atoms with van der Waals surface area (Å²) in [6.07, 6.45) is 0. The van der Waals surface area contributed by atoms with Crippen molar-refractivity contribution in [3.63, 3.8) is 0 Å². The Morgan fingerprint density at radius 2 is 1.90 bits per heavy atom. The normalized spacial score (nSPS) is 11.1. The highest BCUT2D eigenvalue weighted by Crippen LogP contribution is 2.24. The molecule has 0 amide bonds. The van der Waals surface area contributed by atoms with Crippen molar-refractivity contribution in [2.45, 2.75) is 4.90 Å². The second kappa shape index (κ2) is 5.88. The van der Waals surface area contributed by atoms with Gasteiger partial charge in [0.1, 0.15) is 10.0 Å². The standard InChI is InChI=1S/C12H8Cl2N2O4S/c13-10-5-4-9(11(14)15-10)21(19,20)16-8-3-1-2-7(6-8)12(17)18/h1-6,16H,(H,17,18). The number of carboxylic acid groups (broad SMARTS) is 1. The van der Waals surface area contributed by atoms with Gasteiger partial charge in [0.05, 0.1) is 5.56 Å². The van der Waals surface area contributed by atoms with Crippen LogP contribution in [0.5, 0.6) is 0 Å². The Bertz CT molecular complexity index is 809. The lowest BCUT2D eigenvalue weighted by molar-refractivity contribution is 0.0697. The molecular formula is C12H8Cl2N2O4S. The monoisotopic (exact) mass is 346 g/mol. The van der Waals surface area contributed by atoms with E-state index in [0.29, 0.717) is 0 Å². The van der Waals surface area contributed by atoms with Crippen LogP contribution < -0.4 is 4.72 Å². The predicted octanol–water partition coefficient (Wildman–Crippen LogP) is 2.89. The van der Waals surface area contributed by atoms with E-state index in [2.05, 4.69) is 9.71 Å². The fraction of sp³-hybridized carbons (Fsp3) is 0. The molecule has 110 valence electrons. The summed E-state index contributed by atoms with van der Waals surface area (Å²) < 4.78 is 26.6. The molecule has 2 N–H and O–H groups in total. The summed E-state index contributed by atoms with van der Waals surface area (Å²) >= 11 is 11.4. The summed E-state index contributed by atoms with van der Waals surface area (Å²) in [6, 6.07) is 7.87. The van der Waals surface area contributed by atoms with Gasteiger partial charge in [-0.3, -0.25) is 4.72 Å². The molecule has 0 saturated carbocycles. The molecule has 0 spiro atoms. The quantitative estimate of drug-likeness (QED) is 0.829. The molecule has 0 saturated heterocycles. The van der Waals surface area contributed by atoms with Gasteiger partial charge in [0, 0.05) is 5.69 Å². The average molecular weight is 347 g/mol. The van der Waals surface area contributed by atoms with Crippen LogP contribution >= 0.6 is 23.2 Å². The van der Waals surface area contributed by atoms with Gasteiger partial charge in [-0.2, -0.15) is 0 Å². The van der Waals surface area contributed by atoms with E-state index in [-0.39, 0.29) is 26.5 Å². The zero-order chi connectivity index (χ0) is 15.6. The van der Waals surface area contributed by atoms with Gasteiger partial charge in [0.25, 0.3) is 10.0 Å². The highest BCUT2D eigenvalue weighted by atomic mass is 35.5. The number of carboxylic acids is 1. The number of aromatic nitrogens is 1. The van der Waals surface area contributed by atoms with Crippen molar-refractivity contribution >= 4 is 44.9 Å². The van der Waals surface area contributed by atoms with Crippen LogP contribution in [0, 0.1) is 0 Å². The minimum atomic E-state index is -4.00. The molecule has 1 heterocycles. The first kappa shape index (κ1) is 15.6. The van der Waals surface area contributed by atoms with Gasteiger partial charge >= 0.3 is 5.97 Å². The molecule has 2 rings (SSSR count). The van der Waals surface area contributed by atoms with Crippen molar-refractivity contribution < 1.29 is 18.3 Å². The maximum atomic E-state index is 12.2. The lowest BCUT2D eigenvalue weighted by Gasteiger charge is -2.09. The van der Waals surface area contributed by atoms with Gasteiger partial charge in [0.2, 0.25) is 0 Å². The molecule has 1 aromatic heterocycles. The van der Waals surface area contributed by atoms with Gasteiger partial charge < -0.3 is 5.11 Å². The van der Waals surface area contributed by atoms with Crippen molar-refractivity contribution in [1.29, 1.82) is 0 Å². The summed E-state index contributed by atoms with van der Waals surface area (Å²) in [7, 11) is -4.00. The minimum Gasteiger partial charge on any atom is -0.478 e. The number of anilines is 1. The van der Waals surface area contributed by atoms with Crippen molar-refractivity contribution in [1.82, 2.24) is 4.98 Å². The third kappa shape index (κ3) is 3.63. The van der Waals surface area contributed by atoms with Gasteiger partial charge in [-0.1, -0.05) is 29.3 Å². The summed E-state index contributed by atoms with van der Waals surface area (Å²) in [5, 5.41) is 8.66. The highest BCUT2D eigenvalue weighted by molar-refractivity contribution is 7.92. The molecule has 1 aromatic carbocycles. The number of hydrogen-bond acceptors (Lipinski definition) is 4. The van der Waals surface area contributed by atoms with E-state index in [1.165, 1.54) is 36.4 Å². The van der Waals surface area contributed by atoms with Crippen molar-refractivity contribution in [3.8, 4) is 0 Å². The Kier molecular flexibility index (Phi) is 4.36. The summed E-state index contributed by atoms with van der Waals surface area (Å²) in [6.45, 7) is 0. The zero-order valence-electron chi connectivity index (χ0n) is 10.2. The van der Waals surface area contributed by atoms with Crippen molar-refractivity contribution in [2.75, 3.05) is 4.72 Å². The maximum Gasteiger partial charge on any atom is 0.335 e. The lowest BCUT2D eigenvalue weighted by Crippen LogP contribution is -2.14. The Morgan fingerprint density at radius 3 is 2.52 bits per heavy atom. The van der Waals surface area contributed by atoms with Crippen LogP contribution in [-0.4, -0.2) is 24.5 Å². The number of hydrogen-bond donors (Lipinski definition) is 2. The minimum absolute atomic E-state index is 0.0458. The summed E-state index contributed by atoms with van der Waals surface area (Å²) in [5.74, 6) is -1.16. The number of nitrogens with zero attached hydrogens (tertiary/aromatic N) is 1. The van der Waals surface area contributed by atoms with Gasteiger partial charge in [-0.15, -0.1) is 0 Å². The number of carbonyl (C=O) groups is 1. The van der Waals surface area contributed by atoms with E-state index in [0.717, 1.165) is 0 Å². The Morgan fingerprint density at radius 1 is 1.19 bits per heavy atom. The molecule has 6 nitrogen and oxygen atoms in total. The predicted molar refractivity (Wildman–Crippen MR) is 78.5 cm³/mol. The smallest absolute Gasteiger partial charge is 0.335 e. The molecule has 0 atom stereocenters. The van der Waals surface area contributed by atoms with Crippen LogP contribution in [0.2, 0.25) is 10.3 Å². The van der Waals surface area contributed by atoms with E-state index < -0.39 is 16.0 Å². The van der Waals surface area contributed by atoms with Crippen LogP contribution in [0.15, 0.2) is 41.3 Å². The largest absolute Gasteiger partial charge is 0.478 e. The zero-order valence-corrected chi connectivity index (χ0v) is 12.6. The molecule has 2 aromatic rings. The first-order chi connectivity index (χ1) is 9.79. The molecule has 21 heavy (non-hydrogen) atoms. The van der Waals surface area contributed by atoms with Crippen LogP contribution in [-0.2, 0) is 10.0 Å². The van der Waals surface area contributed by atoms with Gasteiger partial charge in [0.15, 0.2) is 5.15 Å². The molecule has 0 radical (unpaired) electrons. The molecule has 0 bridgehead atoms. The SMILES string of the molecule is O=C(O)c1cccc(NS(=O)(=O)c2ccc(Cl)nc2Cl)c1. The van der Waals surface area contributed by atoms with E-state index in [1.807, 2.05) is 0 Å². The number of nitrogens with one attached hydrogen (secondary N) is 1. The van der Waals surface area contributed by atoms with Gasteiger partial charge in [-0.05, 0) is 30.3 Å². The van der Waals surface area contributed by atoms with E-state index in [1.54, 1.807) is 0 Å². The third-order valence-electron chi connectivity index (χ3n) is 2.43. The van der Waals surface area contributed by atoms with Crippen LogP contribution in [0.1, 0.15) is 10.4 Å². The van der Waals surface area contributed by atoms with E-state index >= 15 is 0 Å². The number of sulfonamides is 1. The molecule has 9 heteroatoms. The number of benzene rings is 1. The number of halogens is 2. The Balaban J connectivity index is 2.37. The molecule has 0 aliphatic rings. The van der Waals surface area contributed by atoms with E-state index in [9.17, 15) is 13.2 Å². The van der Waals surface area contributed by atoms with Crippen LogP contribution in [0.3, 0.4) is 0 Å². The molecule has 0 unspecified atom stereocenters. The highest BCUT2D eigenvalue weighted by Gasteiger charge is 2.19. The first-order valence-corrected chi connectivity index (χ1v) is 7.72. The first-order valence-electron chi connectivity index (χ1n) is 5.48. The van der Waals surface area contributed by atoms with Crippen LogP contribution in [0.25, 0.3) is 0 Å². The molecule has 0 aliphatic heterocycles. The Labute approximate surface area is 130 Å². The number of rotatable bonds is 4. The maximum absolute atomic E-state index is 12.2.